The third-order valence-electron chi connectivity index (χ3n) is 2.88. The van der Waals surface area contributed by atoms with Crippen LogP contribution in [0.15, 0.2) is 0 Å². The van der Waals surface area contributed by atoms with Gasteiger partial charge in [-0.2, -0.15) is 0 Å². The summed E-state index contributed by atoms with van der Waals surface area (Å²) >= 11 is 0. The summed E-state index contributed by atoms with van der Waals surface area (Å²) in [5.41, 5.74) is 0.467. The second-order valence-electron chi connectivity index (χ2n) is 5.36. The fourth-order valence-electron chi connectivity index (χ4n) is 1.78. The van der Waals surface area contributed by atoms with Crippen LogP contribution in [0.4, 0.5) is 0 Å². The smallest absolute Gasteiger partial charge is 0.0568 e. The maximum Gasteiger partial charge on any atom is 0.0568 e. The van der Waals surface area contributed by atoms with Crippen LogP contribution in [-0.2, 0) is 0 Å². The maximum atomic E-state index is 9.34. The van der Waals surface area contributed by atoms with Crippen LogP contribution < -0.4 is 0 Å². The van der Waals surface area contributed by atoms with Crippen molar-refractivity contribution in [2.45, 2.75) is 59.0 Å². The van der Waals surface area contributed by atoms with Gasteiger partial charge in [-0.05, 0) is 37.0 Å². The Hall–Kier alpha value is -0.0400. The summed E-state index contributed by atoms with van der Waals surface area (Å²) in [6.07, 6.45) is 6.13. The number of aliphatic hydroxyl groups is 1. The minimum Gasteiger partial charge on any atom is -0.393 e. The minimum atomic E-state index is 0.0324. The summed E-state index contributed by atoms with van der Waals surface area (Å²) in [6, 6.07) is 0. The van der Waals surface area contributed by atoms with Crippen LogP contribution in [0.3, 0.4) is 0 Å². The van der Waals surface area contributed by atoms with Crippen molar-refractivity contribution in [2.24, 2.45) is 11.3 Å². The van der Waals surface area contributed by atoms with Crippen molar-refractivity contribution in [3.8, 4) is 0 Å². The second kappa shape index (κ2) is 3.78. The largest absolute Gasteiger partial charge is 0.393 e. The molecule has 72 valence electrons. The van der Waals surface area contributed by atoms with Gasteiger partial charge in [-0.1, -0.05) is 27.2 Å². The van der Waals surface area contributed by atoms with Gasteiger partial charge in [0.05, 0.1) is 6.10 Å². The Kier molecular flexibility index (Phi) is 3.16. The Labute approximate surface area is 76.2 Å². The maximum absolute atomic E-state index is 9.34. The summed E-state index contributed by atoms with van der Waals surface area (Å²) in [5.74, 6) is 0.632. The molecule has 0 aromatic carbocycles. The predicted molar refractivity (Wildman–Crippen MR) is 52.0 cm³/mol. The number of hydrogen-bond donors (Lipinski definition) is 1. The number of rotatable bonds is 3. The molecule has 0 aromatic rings. The van der Waals surface area contributed by atoms with Gasteiger partial charge in [-0.25, -0.2) is 0 Å². The van der Waals surface area contributed by atoms with E-state index in [0.29, 0.717) is 11.3 Å². The van der Waals surface area contributed by atoms with Crippen molar-refractivity contribution < 1.29 is 5.11 Å². The molecule has 1 fully saturated rings. The Morgan fingerprint density at radius 3 is 2.25 bits per heavy atom. The van der Waals surface area contributed by atoms with E-state index in [1.165, 1.54) is 25.7 Å². The predicted octanol–water partition coefficient (Wildman–Crippen LogP) is 2.97. The van der Waals surface area contributed by atoms with E-state index in [1.54, 1.807) is 0 Å². The van der Waals surface area contributed by atoms with E-state index in [2.05, 4.69) is 20.8 Å². The second-order valence-corrected chi connectivity index (χ2v) is 5.36. The zero-order valence-corrected chi connectivity index (χ0v) is 8.64. The van der Waals surface area contributed by atoms with Crippen LogP contribution in [-0.4, -0.2) is 11.2 Å². The average Bonchev–Trinajstić information content (AvgIpc) is 1.93. The van der Waals surface area contributed by atoms with Gasteiger partial charge >= 0.3 is 0 Å². The molecule has 1 heteroatoms. The van der Waals surface area contributed by atoms with Crippen LogP contribution in [0.2, 0.25) is 0 Å². The lowest BCUT2D eigenvalue weighted by atomic mass is 9.77. The first kappa shape index (κ1) is 10.0. The van der Waals surface area contributed by atoms with Crippen LogP contribution in [0.5, 0.6) is 0 Å². The summed E-state index contributed by atoms with van der Waals surface area (Å²) < 4.78 is 0. The van der Waals surface area contributed by atoms with Crippen molar-refractivity contribution in [1.29, 1.82) is 0 Å². The Balaban J connectivity index is 2.03. The third kappa shape index (κ3) is 3.14. The van der Waals surface area contributed by atoms with Gasteiger partial charge in [-0.3, -0.25) is 0 Å². The molecule has 0 radical (unpaired) electrons. The van der Waals surface area contributed by atoms with E-state index in [0.717, 1.165) is 6.42 Å². The van der Waals surface area contributed by atoms with E-state index in [9.17, 15) is 5.11 Å². The molecule has 2 atom stereocenters. The zero-order valence-electron chi connectivity index (χ0n) is 8.64. The van der Waals surface area contributed by atoms with E-state index in [1.807, 2.05) is 0 Å². The lowest BCUT2D eigenvalue weighted by Crippen LogP contribution is -2.31. The molecule has 1 nitrogen and oxygen atoms in total. The normalized spacial score (nSPS) is 30.0. The molecule has 1 N–H and O–H groups in total. The van der Waals surface area contributed by atoms with Gasteiger partial charge in [-0.15, -0.1) is 0 Å². The first-order chi connectivity index (χ1) is 5.49. The van der Waals surface area contributed by atoms with Crippen LogP contribution in [0.25, 0.3) is 0 Å². The molecule has 0 heterocycles. The molecular formula is C11H22O. The molecule has 0 bridgehead atoms. The molecule has 12 heavy (non-hydrogen) atoms. The fourth-order valence-corrected chi connectivity index (χ4v) is 1.78. The Morgan fingerprint density at radius 2 is 1.92 bits per heavy atom. The summed E-state index contributed by atoms with van der Waals surface area (Å²) in [6.45, 7) is 6.85. The SMILES string of the molecule is CC(C)(C)CCCC1CCC1O. The summed E-state index contributed by atoms with van der Waals surface area (Å²) in [5, 5.41) is 9.34. The van der Waals surface area contributed by atoms with Crippen molar-refractivity contribution in [3.05, 3.63) is 0 Å². The number of aliphatic hydroxyl groups excluding tert-OH is 1. The van der Waals surface area contributed by atoms with Gasteiger partial charge in [0, 0.05) is 0 Å². The van der Waals surface area contributed by atoms with Crippen LogP contribution in [0, 0.1) is 11.3 Å². The summed E-state index contributed by atoms with van der Waals surface area (Å²) in [7, 11) is 0. The average molecular weight is 170 g/mol. The minimum absolute atomic E-state index is 0.0324. The molecule has 1 saturated carbocycles. The lowest BCUT2D eigenvalue weighted by Gasteiger charge is -2.33. The molecule has 1 rings (SSSR count). The highest BCUT2D eigenvalue weighted by molar-refractivity contribution is 4.80. The van der Waals surface area contributed by atoms with Crippen molar-refractivity contribution in [1.82, 2.24) is 0 Å². The monoisotopic (exact) mass is 170 g/mol. The molecule has 0 aliphatic heterocycles. The quantitative estimate of drug-likeness (QED) is 0.690. The number of hydrogen-bond acceptors (Lipinski definition) is 1. The highest BCUT2D eigenvalue weighted by atomic mass is 16.3. The van der Waals surface area contributed by atoms with Gasteiger partial charge in [0.2, 0.25) is 0 Å². The van der Waals surface area contributed by atoms with Crippen LogP contribution in [0.1, 0.15) is 52.9 Å². The topological polar surface area (TPSA) is 20.2 Å². The van der Waals surface area contributed by atoms with E-state index in [4.69, 9.17) is 0 Å². The molecule has 1 aliphatic carbocycles. The fraction of sp³-hybridized carbons (Fsp3) is 1.00. The van der Waals surface area contributed by atoms with Crippen molar-refractivity contribution in [3.63, 3.8) is 0 Å². The van der Waals surface area contributed by atoms with E-state index < -0.39 is 0 Å². The molecule has 0 amide bonds. The lowest BCUT2D eigenvalue weighted by molar-refractivity contribution is 0.0170. The zero-order chi connectivity index (χ0) is 9.19. The van der Waals surface area contributed by atoms with Crippen molar-refractivity contribution in [2.75, 3.05) is 0 Å². The van der Waals surface area contributed by atoms with Crippen molar-refractivity contribution >= 4 is 0 Å². The molecule has 1 aliphatic rings. The van der Waals surface area contributed by atoms with E-state index >= 15 is 0 Å². The van der Waals surface area contributed by atoms with Gasteiger partial charge in [0.25, 0.3) is 0 Å². The highest BCUT2D eigenvalue weighted by Gasteiger charge is 2.28. The first-order valence-corrected chi connectivity index (χ1v) is 5.17. The molecule has 2 unspecified atom stereocenters. The Bertz CT molecular complexity index is 134. The van der Waals surface area contributed by atoms with Gasteiger partial charge in [0.1, 0.15) is 0 Å². The van der Waals surface area contributed by atoms with Gasteiger partial charge < -0.3 is 5.11 Å². The summed E-state index contributed by atoms with van der Waals surface area (Å²) in [4.78, 5) is 0. The Morgan fingerprint density at radius 1 is 1.25 bits per heavy atom. The highest BCUT2D eigenvalue weighted by Crippen LogP contribution is 2.33. The third-order valence-corrected chi connectivity index (χ3v) is 2.88. The van der Waals surface area contributed by atoms with Crippen LogP contribution >= 0.6 is 0 Å². The molecule has 0 saturated heterocycles. The van der Waals surface area contributed by atoms with Gasteiger partial charge in [0.15, 0.2) is 0 Å². The first-order valence-electron chi connectivity index (χ1n) is 5.17. The molecule has 0 aromatic heterocycles. The molecule has 0 spiro atoms. The standard InChI is InChI=1S/C11H22O/c1-11(2,3)8-4-5-9-6-7-10(9)12/h9-10,12H,4-8H2,1-3H3. The van der Waals surface area contributed by atoms with E-state index in [-0.39, 0.29) is 6.10 Å². The molecular weight excluding hydrogens is 148 g/mol.